The monoisotopic (exact) mass is 404 g/mol. The molecule has 4 nitrogen and oxygen atoms in total. The van der Waals surface area contributed by atoms with Crippen LogP contribution in [0.2, 0.25) is 36.3 Å². The fourth-order valence-corrected chi connectivity index (χ4v) is 4.67. The number of esters is 1. The van der Waals surface area contributed by atoms with Gasteiger partial charge in [-0.05, 0) is 56.5 Å². The molecule has 0 N–H and O–H groups in total. The van der Waals surface area contributed by atoms with Gasteiger partial charge in [-0.2, -0.15) is 0 Å². The van der Waals surface area contributed by atoms with Gasteiger partial charge < -0.3 is 13.6 Å². The molecule has 0 aliphatic heterocycles. The van der Waals surface area contributed by atoms with E-state index >= 15 is 0 Å². The first-order chi connectivity index (χ1) is 11.3. The Labute approximate surface area is 164 Å². The Balaban J connectivity index is 5.41. The van der Waals surface area contributed by atoms with Gasteiger partial charge in [0.25, 0.3) is 0 Å². The lowest BCUT2D eigenvalue weighted by Gasteiger charge is -2.44. The van der Waals surface area contributed by atoms with E-state index in [1.54, 1.807) is 0 Å². The molecule has 0 radical (unpaired) electrons. The minimum absolute atomic E-state index is 0.0811. The molecule has 0 amide bonds. The van der Waals surface area contributed by atoms with E-state index in [0.29, 0.717) is 13.0 Å². The zero-order valence-corrected chi connectivity index (χ0v) is 21.6. The number of carbonyl (C=O) groups excluding carboxylic acids is 1. The second-order valence-corrected chi connectivity index (χ2v) is 20.5. The van der Waals surface area contributed by atoms with Crippen LogP contribution in [0.15, 0.2) is 0 Å². The van der Waals surface area contributed by atoms with Crippen LogP contribution in [-0.2, 0) is 18.4 Å². The largest absolute Gasteiger partial charge is 0.469 e. The standard InChI is InChI=1S/C20H44O4Si2/c1-18(2,3)25(10,11)23-15-14-16(20(7,8)17(21)22-9)24-26(12,13)19(4,5)6/h16H,14-15H2,1-13H3/t16-/m1/s1. The second kappa shape index (κ2) is 8.45. The van der Waals surface area contributed by atoms with Crippen LogP contribution in [0.25, 0.3) is 0 Å². The normalized spacial score (nSPS) is 15.7. The molecule has 0 spiro atoms. The van der Waals surface area contributed by atoms with Gasteiger partial charge in [0.1, 0.15) is 0 Å². The molecule has 0 bridgehead atoms. The van der Waals surface area contributed by atoms with Crippen LogP contribution < -0.4 is 0 Å². The van der Waals surface area contributed by atoms with Crippen LogP contribution in [0.3, 0.4) is 0 Å². The average molecular weight is 405 g/mol. The van der Waals surface area contributed by atoms with Crippen LogP contribution in [0.4, 0.5) is 0 Å². The number of carbonyl (C=O) groups is 1. The summed E-state index contributed by atoms with van der Waals surface area (Å²) in [5.74, 6) is -0.228. The topological polar surface area (TPSA) is 44.8 Å². The van der Waals surface area contributed by atoms with Gasteiger partial charge in [-0.25, -0.2) is 0 Å². The fraction of sp³-hybridized carbons (Fsp3) is 0.950. The lowest BCUT2D eigenvalue weighted by atomic mass is 9.85. The molecule has 6 heteroatoms. The van der Waals surface area contributed by atoms with Crippen LogP contribution in [0.1, 0.15) is 61.8 Å². The molecule has 0 fully saturated rings. The summed E-state index contributed by atoms with van der Waals surface area (Å²) in [6, 6.07) is 0. The first kappa shape index (κ1) is 25.8. The number of hydrogen-bond acceptors (Lipinski definition) is 4. The Bertz CT molecular complexity index is 471. The molecule has 0 saturated carbocycles. The van der Waals surface area contributed by atoms with E-state index in [1.807, 2.05) is 13.8 Å². The van der Waals surface area contributed by atoms with Crippen LogP contribution in [0, 0.1) is 5.41 Å². The van der Waals surface area contributed by atoms with Gasteiger partial charge in [0.15, 0.2) is 16.6 Å². The number of rotatable bonds is 8. The molecular formula is C20H44O4Si2. The van der Waals surface area contributed by atoms with Gasteiger partial charge in [-0.3, -0.25) is 4.79 Å². The highest BCUT2D eigenvalue weighted by atomic mass is 28.4. The first-order valence-corrected chi connectivity index (χ1v) is 15.5. The highest BCUT2D eigenvalue weighted by Gasteiger charge is 2.46. The van der Waals surface area contributed by atoms with Crippen LogP contribution >= 0.6 is 0 Å². The third-order valence-electron chi connectivity index (χ3n) is 6.41. The number of ether oxygens (including phenoxy) is 1. The predicted molar refractivity (Wildman–Crippen MR) is 116 cm³/mol. The lowest BCUT2D eigenvalue weighted by molar-refractivity contribution is -0.157. The van der Waals surface area contributed by atoms with E-state index in [4.69, 9.17) is 13.6 Å². The van der Waals surface area contributed by atoms with Crippen molar-refractivity contribution in [3.05, 3.63) is 0 Å². The van der Waals surface area contributed by atoms with Gasteiger partial charge in [-0.15, -0.1) is 0 Å². The average Bonchev–Trinajstić information content (AvgIpc) is 2.42. The lowest BCUT2D eigenvalue weighted by Crippen LogP contribution is -2.51. The number of hydrogen-bond donors (Lipinski definition) is 0. The van der Waals surface area contributed by atoms with Crippen molar-refractivity contribution in [2.24, 2.45) is 5.41 Å². The summed E-state index contributed by atoms with van der Waals surface area (Å²) in [6.07, 6.45) is 0.474. The molecule has 0 heterocycles. The van der Waals surface area contributed by atoms with Gasteiger partial charge in [0.2, 0.25) is 0 Å². The molecule has 0 aromatic heterocycles. The Kier molecular flexibility index (Phi) is 8.40. The van der Waals surface area contributed by atoms with E-state index in [2.05, 4.69) is 67.7 Å². The van der Waals surface area contributed by atoms with Crippen molar-refractivity contribution in [2.45, 2.75) is 104 Å². The fourth-order valence-electron chi connectivity index (χ4n) is 2.13. The Morgan fingerprint density at radius 1 is 0.846 bits per heavy atom. The zero-order chi connectivity index (χ0) is 21.2. The highest BCUT2D eigenvalue weighted by Crippen LogP contribution is 2.41. The summed E-state index contributed by atoms with van der Waals surface area (Å²) in [5, 5.41) is 0.248. The third-order valence-corrected chi connectivity index (χ3v) is 15.4. The molecule has 1 atom stereocenters. The molecule has 0 unspecified atom stereocenters. The quantitative estimate of drug-likeness (QED) is 0.368. The summed E-state index contributed by atoms with van der Waals surface area (Å²) >= 11 is 0. The van der Waals surface area contributed by atoms with Gasteiger partial charge >= 0.3 is 5.97 Å². The van der Waals surface area contributed by atoms with Crippen molar-refractivity contribution in [3.63, 3.8) is 0 Å². The minimum atomic E-state index is -2.02. The number of methoxy groups -OCH3 is 1. The van der Waals surface area contributed by atoms with Crippen molar-refractivity contribution in [1.82, 2.24) is 0 Å². The maximum atomic E-state index is 12.4. The van der Waals surface area contributed by atoms with Crippen LogP contribution in [0.5, 0.6) is 0 Å². The molecule has 0 aliphatic rings. The SMILES string of the molecule is COC(=O)C(C)(C)[C@@H](CCO[Si](C)(C)C(C)(C)C)O[Si](C)(C)C(C)(C)C. The van der Waals surface area contributed by atoms with E-state index < -0.39 is 22.0 Å². The first-order valence-electron chi connectivity index (χ1n) is 9.70. The van der Waals surface area contributed by atoms with E-state index in [0.717, 1.165) is 0 Å². The Morgan fingerprint density at radius 2 is 1.27 bits per heavy atom. The minimum Gasteiger partial charge on any atom is -0.469 e. The maximum Gasteiger partial charge on any atom is 0.313 e. The smallest absolute Gasteiger partial charge is 0.313 e. The summed E-state index contributed by atoms with van der Waals surface area (Å²) in [4.78, 5) is 12.4. The van der Waals surface area contributed by atoms with Crippen molar-refractivity contribution in [1.29, 1.82) is 0 Å². The predicted octanol–water partition coefficient (Wildman–Crippen LogP) is 5.99. The van der Waals surface area contributed by atoms with Gasteiger partial charge in [-0.1, -0.05) is 41.5 Å². The Morgan fingerprint density at radius 3 is 1.62 bits per heavy atom. The zero-order valence-electron chi connectivity index (χ0n) is 19.6. The third kappa shape index (κ3) is 6.46. The van der Waals surface area contributed by atoms with Crippen molar-refractivity contribution < 1.29 is 18.4 Å². The Hall–Kier alpha value is -0.176. The molecule has 26 heavy (non-hydrogen) atoms. The van der Waals surface area contributed by atoms with Crippen LogP contribution in [-0.4, -0.2) is 42.4 Å². The van der Waals surface area contributed by atoms with Crippen molar-refractivity contribution in [2.75, 3.05) is 13.7 Å². The summed E-state index contributed by atoms with van der Waals surface area (Å²) in [5.41, 5.74) is -0.707. The summed E-state index contributed by atoms with van der Waals surface area (Å²) in [6.45, 7) is 26.8. The molecular weight excluding hydrogens is 360 g/mol. The highest BCUT2D eigenvalue weighted by molar-refractivity contribution is 6.74. The molecule has 0 aromatic rings. The molecule has 0 rings (SSSR count). The van der Waals surface area contributed by atoms with Gasteiger partial charge in [0.05, 0.1) is 18.6 Å². The molecule has 0 saturated heterocycles. The maximum absolute atomic E-state index is 12.4. The van der Waals surface area contributed by atoms with Crippen molar-refractivity contribution in [3.8, 4) is 0 Å². The van der Waals surface area contributed by atoms with Gasteiger partial charge in [0, 0.05) is 6.61 Å². The molecule has 0 aromatic carbocycles. The van der Waals surface area contributed by atoms with E-state index in [1.165, 1.54) is 7.11 Å². The van der Waals surface area contributed by atoms with E-state index in [-0.39, 0.29) is 22.1 Å². The molecule has 156 valence electrons. The van der Waals surface area contributed by atoms with Crippen molar-refractivity contribution >= 4 is 22.6 Å². The second-order valence-electron chi connectivity index (χ2n) is 11.0. The molecule has 0 aliphatic carbocycles. The summed E-state index contributed by atoms with van der Waals surface area (Å²) in [7, 11) is -2.40. The summed E-state index contributed by atoms with van der Waals surface area (Å²) < 4.78 is 18.1. The van der Waals surface area contributed by atoms with E-state index in [9.17, 15) is 4.79 Å².